The highest BCUT2D eigenvalue weighted by molar-refractivity contribution is 5.72. The number of halogens is 1. The molecule has 1 rings (SSSR count). The first-order valence-electron chi connectivity index (χ1n) is 3.56. The molecule has 0 heterocycles. The summed E-state index contributed by atoms with van der Waals surface area (Å²) in [6.45, 7) is 1.60. The van der Waals surface area contributed by atoms with Crippen LogP contribution >= 0.6 is 0 Å². The van der Waals surface area contributed by atoms with Crippen LogP contribution in [0.25, 0.3) is 0 Å². The summed E-state index contributed by atoms with van der Waals surface area (Å²) in [5, 5.41) is 2.47. The van der Waals surface area contributed by atoms with E-state index in [-0.39, 0.29) is 12.5 Å². The lowest BCUT2D eigenvalue weighted by molar-refractivity contribution is -0.120. The molecule has 1 aliphatic rings. The molecule has 10 heavy (non-hydrogen) atoms. The van der Waals surface area contributed by atoms with Crippen LogP contribution in [0.15, 0.2) is 0 Å². The Bertz CT molecular complexity index is 143. The van der Waals surface area contributed by atoms with E-state index in [4.69, 9.17) is 0 Å². The van der Waals surface area contributed by atoms with Crippen molar-refractivity contribution in [3.63, 3.8) is 0 Å². The number of rotatable bonds is 2. The lowest BCUT2D eigenvalue weighted by Gasteiger charge is -2.33. The van der Waals surface area contributed by atoms with Crippen LogP contribution in [0.1, 0.15) is 26.2 Å². The first kappa shape index (κ1) is 7.51. The normalized spacial score (nSPS) is 21.4. The van der Waals surface area contributed by atoms with Crippen molar-refractivity contribution in [3.8, 4) is 0 Å². The third-order valence-corrected chi connectivity index (χ3v) is 1.90. The molecule has 0 aromatic heterocycles. The van der Waals surface area contributed by atoms with Crippen LogP contribution in [0.4, 0.5) is 4.39 Å². The average molecular weight is 145 g/mol. The molecule has 0 aliphatic heterocycles. The molecule has 3 heteroatoms. The van der Waals surface area contributed by atoms with Crippen LogP contribution in [-0.4, -0.2) is 18.1 Å². The Balaban J connectivity index is 2.18. The maximum atomic E-state index is 13.1. The summed E-state index contributed by atoms with van der Waals surface area (Å²) in [5.74, 6) is -0.149. The van der Waals surface area contributed by atoms with Crippen molar-refractivity contribution < 1.29 is 9.18 Å². The maximum absolute atomic E-state index is 13.1. The summed E-state index contributed by atoms with van der Waals surface area (Å²) in [6, 6.07) is 0. The highest BCUT2D eigenvalue weighted by Gasteiger charge is 2.36. The fourth-order valence-electron chi connectivity index (χ4n) is 1.02. The molecule has 0 atom stereocenters. The summed E-state index contributed by atoms with van der Waals surface area (Å²) >= 11 is 0. The van der Waals surface area contributed by atoms with Gasteiger partial charge in [0.05, 0.1) is 6.54 Å². The van der Waals surface area contributed by atoms with E-state index in [1.54, 1.807) is 0 Å². The van der Waals surface area contributed by atoms with Crippen molar-refractivity contribution in [1.29, 1.82) is 0 Å². The molecule has 0 aromatic carbocycles. The Morgan fingerprint density at radius 3 is 2.60 bits per heavy atom. The standard InChI is InChI=1S/C7H12FNO/c1-6(10)9-5-7(8)3-2-4-7/h2-5H2,1H3,(H,9,10). The fourth-order valence-corrected chi connectivity index (χ4v) is 1.02. The number of hydrogen-bond acceptors (Lipinski definition) is 1. The van der Waals surface area contributed by atoms with Gasteiger partial charge in [0.1, 0.15) is 5.67 Å². The zero-order valence-corrected chi connectivity index (χ0v) is 6.11. The van der Waals surface area contributed by atoms with Crippen molar-refractivity contribution in [1.82, 2.24) is 5.32 Å². The fraction of sp³-hybridized carbons (Fsp3) is 0.857. The Morgan fingerprint density at radius 1 is 1.70 bits per heavy atom. The predicted octanol–water partition coefficient (Wildman–Crippen LogP) is 1.01. The zero-order valence-electron chi connectivity index (χ0n) is 6.11. The molecule has 1 N–H and O–H groups in total. The quantitative estimate of drug-likeness (QED) is 0.617. The molecule has 1 aliphatic carbocycles. The van der Waals surface area contributed by atoms with Crippen molar-refractivity contribution in [3.05, 3.63) is 0 Å². The summed E-state index contributed by atoms with van der Waals surface area (Å²) in [5.41, 5.74) is -1.08. The molecule has 0 bridgehead atoms. The summed E-state index contributed by atoms with van der Waals surface area (Å²) in [4.78, 5) is 10.4. The predicted molar refractivity (Wildman–Crippen MR) is 36.4 cm³/mol. The van der Waals surface area contributed by atoms with Gasteiger partial charge in [0, 0.05) is 6.92 Å². The summed E-state index contributed by atoms with van der Waals surface area (Å²) in [6.07, 6.45) is 2.16. The third kappa shape index (κ3) is 1.69. The van der Waals surface area contributed by atoms with Gasteiger partial charge >= 0.3 is 0 Å². The number of amides is 1. The number of carbonyl (C=O) groups is 1. The van der Waals surface area contributed by atoms with Crippen LogP contribution in [0.5, 0.6) is 0 Å². The number of hydrogen-bond donors (Lipinski definition) is 1. The smallest absolute Gasteiger partial charge is 0.216 e. The molecule has 2 nitrogen and oxygen atoms in total. The Kier molecular flexibility index (Phi) is 1.92. The van der Waals surface area contributed by atoms with Gasteiger partial charge in [-0.2, -0.15) is 0 Å². The minimum Gasteiger partial charge on any atom is -0.353 e. The first-order valence-corrected chi connectivity index (χ1v) is 3.56. The van der Waals surface area contributed by atoms with Crippen LogP contribution in [0.2, 0.25) is 0 Å². The van der Waals surface area contributed by atoms with Crippen LogP contribution in [-0.2, 0) is 4.79 Å². The van der Waals surface area contributed by atoms with E-state index in [0.717, 1.165) is 6.42 Å². The lowest BCUT2D eigenvalue weighted by Crippen LogP contribution is -2.43. The molecule has 0 unspecified atom stereocenters. The van der Waals surface area contributed by atoms with E-state index in [1.165, 1.54) is 6.92 Å². The van der Waals surface area contributed by atoms with E-state index in [1.807, 2.05) is 0 Å². The average Bonchev–Trinajstić information content (AvgIpc) is 1.79. The van der Waals surface area contributed by atoms with Crippen molar-refractivity contribution in [2.24, 2.45) is 0 Å². The van der Waals surface area contributed by atoms with E-state index in [2.05, 4.69) is 5.32 Å². The van der Waals surface area contributed by atoms with Gasteiger partial charge in [0.15, 0.2) is 0 Å². The molecule has 0 spiro atoms. The van der Waals surface area contributed by atoms with Gasteiger partial charge in [-0.3, -0.25) is 4.79 Å². The summed E-state index contributed by atoms with van der Waals surface area (Å²) in [7, 11) is 0. The second-order valence-electron chi connectivity index (χ2n) is 2.91. The number of alkyl halides is 1. The monoisotopic (exact) mass is 145 g/mol. The van der Waals surface area contributed by atoms with E-state index in [0.29, 0.717) is 12.8 Å². The van der Waals surface area contributed by atoms with Gasteiger partial charge in [0.2, 0.25) is 5.91 Å². The summed E-state index contributed by atoms with van der Waals surface area (Å²) < 4.78 is 13.1. The molecule has 1 amide bonds. The minimum atomic E-state index is -1.08. The molecular formula is C7H12FNO. The highest BCUT2D eigenvalue weighted by atomic mass is 19.1. The van der Waals surface area contributed by atoms with E-state index >= 15 is 0 Å². The van der Waals surface area contributed by atoms with Crippen LogP contribution in [0.3, 0.4) is 0 Å². The van der Waals surface area contributed by atoms with Gasteiger partial charge in [-0.25, -0.2) is 4.39 Å². The molecule has 0 radical (unpaired) electrons. The topological polar surface area (TPSA) is 29.1 Å². The minimum absolute atomic E-state index is 0.149. The van der Waals surface area contributed by atoms with Gasteiger partial charge < -0.3 is 5.32 Å². The van der Waals surface area contributed by atoms with Crippen LogP contribution in [0, 0.1) is 0 Å². The van der Waals surface area contributed by atoms with Gasteiger partial charge in [-0.1, -0.05) is 0 Å². The molecule has 58 valence electrons. The zero-order chi connectivity index (χ0) is 7.61. The van der Waals surface area contributed by atoms with E-state index in [9.17, 15) is 9.18 Å². The highest BCUT2D eigenvalue weighted by Crippen LogP contribution is 2.34. The molecule has 1 fully saturated rings. The Hall–Kier alpha value is -0.600. The Morgan fingerprint density at radius 2 is 2.30 bits per heavy atom. The Labute approximate surface area is 59.8 Å². The molecule has 0 saturated heterocycles. The second-order valence-corrected chi connectivity index (χ2v) is 2.91. The SMILES string of the molecule is CC(=O)NCC1(F)CCC1. The van der Waals surface area contributed by atoms with E-state index < -0.39 is 5.67 Å². The van der Waals surface area contributed by atoms with Gasteiger partial charge in [0.25, 0.3) is 0 Å². The lowest BCUT2D eigenvalue weighted by atomic mass is 9.82. The maximum Gasteiger partial charge on any atom is 0.216 e. The molecular weight excluding hydrogens is 133 g/mol. The number of nitrogens with one attached hydrogen (secondary N) is 1. The van der Waals surface area contributed by atoms with Crippen molar-refractivity contribution in [2.75, 3.05) is 6.54 Å². The number of carbonyl (C=O) groups excluding carboxylic acids is 1. The van der Waals surface area contributed by atoms with Crippen molar-refractivity contribution in [2.45, 2.75) is 31.9 Å². The molecule has 1 saturated carbocycles. The van der Waals surface area contributed by atoms with Gasteiger partial charge in [-0.15, -0.1) is 0 Å². The molecule has 0 aromatic rings. The van der Waals surface area contributed by atoms with Gasteiger partial charge in [-0.05, 0) is 19.3 Å². The largest absolute Gasteiger partial charge is 0.353 e. The van der Waals surface area contributed by atoms with Crippen LogP contribution < -0.4 is 5.32 Å². The third-order valence-electron chi connectivity index (χ3n) is 1.90. The second kappa shape index (κ2) is 2.56. The van der Waals surface area contributed by atoms with Crippen molar-refractivity contribution >= 4 is 5.91 Å². The first-order chi connectivity index (χ1) is 4.62.